The molecule has 1 aliphatic rings. The number of aryl methyl sites for hydroxylation is 1. The van der Waals surface area contributed by atoms with Gasteiger partial charge in [-0.05, 0) is 58.7 Å². The Morgan fingerprint density at radius 2 is 2.05 bits per heavy atom. The summed E-state index contributed by atoms with van der Waals surface area (Å²) in [6, 6.07) is 10.5. The third-order valence-corrected chi connectivity index (χ3v) is 4.53. The van der Waals surface area contributed by atoms with Crippen LogP contribution in [0.1, 0.15) is 29.2 Å². The number of hydrogen-bond donors (Lipinski definition) is 1. The molecule has 2 N–H and O–H groups in total. The zero-order valence-corrected chi connectivity index (χ0v) is 13.1. The topological polar surface area (TPSA) is 35.2 Å². The summed E-state index contributed by atoms with van der Waals surface area (Å²) in [6.45, 7) is 0.733. The number of fused-ring (bicyclic) bond motifs is 1. The maximum absolute atomic E-state index is 13.2. The van der Waals surface area contributed by atoms with Gasteiger partial charge in [-0.3, -0.25) is 0 Å². The summed E-state index contributed by atoms with van der Waals surface area (Å²) < 4.78 is 19.9. The Bertz CT molecular complexity index is 644. The molecule has 0 saturated heterocycles. The Kier molecular flexibility index (Phi) is 3.94. The average molecular weight is 383 g/mol. The smallest absolute Gasteiger partial charge is 0.127 e. The van der Waals surface area contributed by atoms with Crippen molar-refractivity contribution in [3.63, 3.8) is 0 Å². The van der Waals surface area contributed by atoms with E-state index in [1.54, 1.807) is 6.07 Å². The molecule has 2 aromatic carbocycles. The first-order valence-electron chi connectivity index (χ1n) is 6.62. The van der Waals surface area contributed by atoms with Gasteiger partial charge in [-0.15, -0.1) is 0 Å². The van der Waals surface area contributed by atoms with Crippen molar-refractivity contribution in [3.05, 3.63) is 62.5 Å². The summed E-state index contributed by atoms with van der Waals surface area (Å²) in [5.41, 5.74) is 9.50. The molecule has 1 aliphatic heterocycles. The SMILES string of the molecule is NC(c1ccc(F)cc1I)c1cccc2c1OCCC2. The van der Waals surface area contributed by atoms with Crippen molar-refractivity contribution in [2.45, 2.75) is 18.9 Å². The molecule has 2 nitrogen and oxygen atoms in total. The molecule has 1 atom stereocenters. The number of rotatable bonds is 2. The summed E-state index contributed by atoms with van der Waals surface area (Å²) in [7, 11) is 0. The molecule has 0 aliphatic carbocycles. The summed E-state index contributed by atoms with van der Waals surface area (Å²) in [6.07, 6.45) is 2.07. The van der Waals surface area contributed by atoms with Crippen molar-refractivity contribution in [1.29, 1.82) is 0 Å². The maximum atomic E-state index is 13.2. The van der Waals surface area contributed by atoms with Gasteiger partial charge in [0.2, 0.25) is 0 Å². The van der Waals surface area contributed by atoms with Gasteiger partial charge in [0.15, 0.2) is 0 Å². The van der Waals surface area contributed by atoms with Gasteiger partial charge in [0, 0.05) is 9.13 Å². The van der Waals surface area contributed by atoms with Crippen molar-refractivity contribution >= 4 is 22.6 Å². The van der Waals surface area contributed by atoms with Crippen molar-refractivity contribution in [2.24, 2.45) is 5.73 Å². The van der Waals surface area contributed by atoms with Crippen LogP contribution in [0.4, 0.5) is 4.39 Å². The van der Waals surface area contributed by atoms with Crippen LogP contribution in [0.25, 0.3) is 0 Å². The highest BCUT2D eigenvalue weighted by Crippen LogP contribution is 2.35. The van der Waals surface area contributed by atoms with Crippen molar-refractivity contribution in [3.8, 4) is 5.75 Å². The molecule has 0 fully saturated rings. The molecule has 0 saturated carbocycles. The molecule has 1 heterocycles. The second kappa shape index (κ2) is 5.69. The highest BCUT2D eigenvalue weighted by Gasteiger charge is 2.21. The predicted octanol–water partition coefficient (Wildman–Crippen LogP) is 3.80. The van der Waals surface area contributed by atoms with E-state index in [1.165, 1.54) is 17.7 Å². The number of para-hydroxylation sites is 1. The van der Waals surface area contributed by atoms with Crippen LogP contribution in [0.15, 0.2) is 36.4 Å². The monoisotopic (exact) mass is 383 g/mol. The first kappa shape index (κ1) is 13.8. The molecule has 3 rings (SSSR count). The minimum Gasteiger partial charge on any atom is -0.493 e. The Hall–Kier alpha value is -1.14. The summed E-state index contributed by atoms with van der Waals surface area (Å²) >= 11 is 2.12. The van der Waals surface area contributed by atoms with E-state index in [-0.39, 0.29) is 11.9 Å². The Morgan fingerprint density at radius 1 is 1.20 bits per heavy atom. The molecular formula is C16H15FINO. The minimum atomic E-state index is -0.296. The molecule has 0 radical (unpaired) electrons. The normalized spacial score (nSPS) is 15.3. The lowest BCUT2D eigenvalue weighted by Gasteiger charge is -2.24. The lowest BCUT2D eigenvalue weighted by Crippen LogP contribution is -2.18. The Labute approximate surface area is 131 Å². The van der Waals surface area contributed by atoms with Crippen LogP contribution in [0, 0.1) is 9.39 Å². The molecule has 2 aromatic rings. The average Bonchev–Trinajstić information content (AvgIpc) is 2.46. The van der Waals surface area contributed by atoms with Crippen LogP contribution >= 0.6 is 22.6 Å². The number of nitrogens with two attached hydrogens (primary N) is 1. The zero-order chi connectivity index (χ0) is 14.1. The second-order valence-electron chi connectivity index (χ2n) is 4.93. The van der Waals surface area contributed by atoms with Gasteiger partial charge >= 0.3 is 0 Å². The van der Waals surface area contributed by atoms with Gasteiger partial charge < -0.3 is 10.5 Å². The fourth-order valence-corrected chi connectivity index (χ4v) is 3.39. The highest BCUT2D eigenvalue weighted by molar-refractivity contribution is 14.1. The van der Waals surface area contributed by atoms with Gasteiger partial charge in [0.25, 0.3) is 0 Å². The first-order valence-corrected chi connectivity index (χ1v) is 7.70. The first-order chi connectivity index (χ1) is 9.66. The van der Waals surface area contributed by atoms with E-state index >= 15 is 0 Å². The number of benzene rings is 2. The fourth-order valence-electron chi connectivity index (χ4n) is 2.58. The van der Waals surface area contributed by atoms with Crippen LogP contribution in [-0.2, 0) is 6.42 Å². The minimum absolute atomic E-state index is 0.239. The molecule has 0 spiro atoms. The van der Waals surface area contributed by atoms with E-state index in [0.29, 0.717) is 0 Å². The van der Waals surface area contributed by atoms with Crippen LogP contribution in [-0.4, -0.2) is 6.61 Å². The van der Waals surface area contributed by atoms with Crippen LogP contribution in [0.3, 0.4) is 0 Å². The van der Waals surface area contributed by atoms with Crippen molar-refractivity contribution in [1.82, 2.24) is 0 Å². The van der Waals surface area contributed by atoms with E-state index < -0.39 is 0 Å². The predicted molar refractivity (Wildman–Crippen MR) is 85.4 cm³/mol. The molecule has 20 heavy (non-hydrogen) atoms. The number of ether oxygens (including phenoxy) is 1. The molecule has 104 valence electrons. The van der Waals surface area contributed by atoms with Crippen LogP contribution < -0.4 is 10.5 Å². The fraction of sp³-hybridized carbons (Fsp3) is 0.250. The Morgan fingerprint density at radius 3 is 2.85 bits per heavy atom. The van der Waals surface area contributed by atoms with E-state index in [1.807, 2.05) is 12.1 Å². The third kappa shape index (κ3) is 2.54. The van der Waals surface area contributed by atoms with Gasteiger partial charge in [-0.2, -0.15) is 0 Å². The molecule has 1 unspecified atom stereocenters. The molecule has 4 heteroatoms. The zero-order valence-electron chi connectivity index (χ0n) is 10.9. The molecular weight excluding hydrogens is 368 g/mol. The summed E-state index contributed by atoms with van der Waals surface area (Å²) in [4.78, 5) is 0. The van der Waals surface area contributed by atoms with E-state index in [2.05, 4.69) is 28.7 Å². The quantitative estimate of drug-likeness (QED) is 0.801. The molecule has 0 aromatic heterocycles. The highest BCUT2D eigenvalue weighted by atomic mass is 127. The third-order valence-electron chi connectivity index (χ3n) is 3.60. The Balaban J connectivity index is 2.04. The molecule has 0 amide bonds. The van der Waals surface area contributed by atoms with Crippen LogP contribution in [0.5, 0.6) is 5.75 Å². The van der Waals surface area contributed by atoms with Crippen molar-refractivity contribution < 1.29 is 9.13 Å². The van der Waals surface area contributed by atoms with E-state index in [9.17, 15) is 4.39 Å². The lowest BCUT2D eigenvalue weighted by atomic mass is 9.94. The number of hydrogen-bond acceptors (Lipinski definition) is 2. The largest absolute Gasteiger partial charge is 0.493 e. The second-order valence-corrected chi connectivity index (χ2v) is 6.09. The van der Waals surface area contributed by atoms with Crippen molar-refractivity contribution in [2.75, 3.05) is 6.61 Å². The molecule has 0 bridgehead atoms. The lowest BCUT2D eigenvalue weighted by molar-refractivity contribution is 0.284. The summed E-state index contributed by atoms with van der Waals surface area (Å²) in [5, 5.41) is 0. The van der Waals surface area contributed by atoms with Gasteiger partial charge in [0.05, 0.1) is 12.6 Å². The van der Waals surface area contributed by atoms with E-state index in [0.717, 1.165) is 39.9 Å². The maximum Gasteiger partial charge on any atom is 0.127 e. The van der Waals surface area contributed by atoms with E-state index in [4.69, 9.17) is 10.5 Å². The standard InChI is InChI=1S/C16H15FINO/c17-11-6-7-12(14(18)9-11)15(19)13-5-1-3-10-4-2-8-20-16(10)13/h1,3,5-7,9,15H,2,4,8,19H2. The van der Waals surface area contributed by atoms with Crippen LogP contribution in [0.2, 0.25) is 0 Å². The van der Waals surface area contributed by atoms with Gasteiger partial charge in [-0.1, -0.05) is 24.3 Å². The summed E-state index contributed by atoms with van der Waals surface area (Å²) in [5.74, 6) is 0.670. The van der Waals surface area contributed by atoms with Gasteiger partial charge in [-0.25, -0.2) is 4.39 Å². The van der Waals surface area contributed by atoms with Gasteiger partial charge in [0.1, 0.15) is 11.6 Å². The number of halogens is 2.